The molecule has 0 unspecified atom stereocenters. The zero-order valence-electron chi connectivity index (χ0n) is 10.7. The fourth-order valence-corrected chi connectivity index (χ4v) is 2.93. The van der Waals surface area contributed by atoms with Crippen molar-refractivity contribution < 1.29 is 4.74 Å². The molecule has 0 aromatic heterocycles. The first-order chi connectivity index (χ1) is 8.78. The average molecular weight is 244 g/mol. The number of aliphatic imine (C=N–C) groups is 1. The Morgan fingerprint density at radius 1 is 1.06 bits per heavy atom. The van der Waals surface area contributed by atoms with Gasteiger partial charge in [-0.25, -0.2) is 4.99 Å². The van der Waals surface area contributed by atoms with Crippen LogP contribution in [0, 0.1) is 0 Å². The predicted molar refractivity (Wildman–Crippen MR) is 72.7 cm³/mol. The number of nitrogens with zero attached hydrogens (tertiary/aromatic N) is 1. The molecule has 2 N–H and O–H groups in total. The Bertz CT molecular complexity index is 444. The van der Waals surface area contributed by atoms with Crippen LogP contribution in [0.3, 0.4) is 0 Å². The SMILES string of the molecule is NC1(c2ccc(C3=NCCO3)cc2)CCCCC1. The second kappa shape index (κ2) is 4.73. The van der Waals surface area contributed by atoms with Crippen LogP contribution in [-0.2, 0) is 10.3 Å². The van der Waals surface area contributed by atoms with Crippen LogP contribution in [0.1, 0.15) is 43.2 Å². The van der Waals surface area contributed by atoms with E-state index in [1.54, 1.807) is 0 Å². The van der Waals surface area contributed by atoms with E-state index in [2.05, 4.69) is 29.3 Å². The molecule has 1 saturated carbocycles. The number of rotatable bonds is 2. The van der Waals surface area contributed by atoms with Gasteiger partial charge in [0.2, 0.25) is 5.90 Å². The van der Waals surface area contributed by atoms with Crippen LogP contribution in [0.2, 0.25) is 0 Å². The van der Waals surface area contributed by atoms with E-state index in [1.807, 2.05) is 0 Å². The third-order valence-corrected chi connectivity index (χ3v) is 4.04. The molecule has 0 saturated heterocycles. The van der Waals surface area contributed by atoms with Crippen LogP contribution in [0.4, 0.5) is 0 Å². The summed E-state index contributed by atoms with van der Waals surface area (Å²) >= 11 is 0. The van der Waals surface area contributed by atoms with Crippen molar-refractivity contribution in [1.82, 2.24) is 0 Å². The number of hydrogen-bond donors (Lipinski definition) is 1. The maximum atomic E-state index is 6.52. The fourth-order valence-electron chi connectivity index (χ4n) is 2.93. The van der Waals surface area contributed by atoms with Crippen LogP contribution in [0.15, 0.2) is 29.3 Å². The van der Waals surface area contributed by atoms with Crippen molar-refractivity contribution in [3.63, 3.8) is 0 Å². The third kappa shape index (κ3) is 2.15. The summed E-state index contributed by atoms with van der Waals surface area (Å²) in [6.45, 7) is 1.48. The first-order valence-corrected chi connectivity index (χ1v) is 6.85. The van der Waals surface area contributed by atoms with E-state index in [-0.39, 0.29) is 5.54 Å². The molecule has 0 radical (unpaired) electrons. The van der Waals surface area contributed by atoms with Crippen molar-refractivity contribution in [2.24, 2.45) is 10.7 Å². The average Bonchev–Trinajstić information content (AvgIpc) is 2.94. The molecular formula is C15H20N2O. The topological polar surface area (TPSA) is 47.6 Å². The quantitative estimate of drug-likeness (QED) is 0.869. The molecule has 3 nitrogen and oxygen atoms in total. The van der Waals surface area contributed by atoms with Gasteiger partial charge in [-0.05, 0) is 30.5 Å². The molecule has 1 aliphatic heterocycles. The normalized spacial score (nSPS) is 22.4. The van der Waals surface area contributed by atoms with Gasteiger partial charge in [0.25, 0.3) is 0 Å². The Kier molecular flexibility index (Phi) is 3.08. The summed E-state index contributed by atoms with van der Waals surface area (Å²) in [5.74, 6) is 0.774. The van der Waals surface area contributed by atoms with Gasteiger partial charge in [-0.1, -0.05) is 31.4 Å². The molecule has 1 heterocycles. The van der Waals surface area contributed by atoms with Gasteiger partial charge in [0.1, 0.15) is 6.61 Å². The van der Waals surface area contributed by atoms with Gasteiger partial charge in [0, 0.05) is 11.1 Å². The molecule has 3 rings (SSSR count). The maximum Gasteiger partial charge on any atom is 0.216 e. The molecule has 1 fully saturated rings. The van der Waals surface area contributed by atoms with Crippen LogP contribution >= 0.6 is 0 Å². The van der Waals surface area contributed by atoms with E-state index in [4.69, 9.17) is 10.5 Å². The van der Waals surface area contributed by atoms with E-state index < -0.39 is 0 Å². The maximum absolute atomic E-state index is 6.52. The van der Waals surface area contributed by atoms with Crippen molar-refractivity contribution in [2.45, 2.75) is 37.6 Å². The molecule has 1 aromatic carbocycles. The van der Waals surface area contributed by atoms with Gasteiger partial charge in [0.15, 0.2) is 0 Å². The molecule has 18 heavy (non-hydrogen) atoms. The highest BCUT2D eigenvalue weighted by atomic mass is 16.5. The van der Waals surface area contributed by atoms with Crippen LogP contribution in [-0.4, -0.2) is 19.0 Å². The van der Waals surface area contributed by atoms with Crippen molar-refractivity contribution >= 4 is 5.90 Å². The van der Waals surface area contributed by atoms with Gasteiger partial charge >= 0.3 is 0 Å². The van der Waals surface area contributed by atoms with Crippen molar-refractivity contribution in [3.8, 4) is 0 Å². The van der Waals surface area contributed by atoms with Crippen molar-refractivity contribution in [2.75, 3.05) is 13.2 Å². The highest BCUT2D eigenvalue weighted by molar-refractivity contribution is 5.94. The Balaban J connectivity index is 1.81. The summed E-state index contributed by atoms with van der Waals surface area (Å²) in [5.41, 5.74) is 8.73. The van der Waals surface area contributed by atoms with E-state index in [1.165, 1.54) is 24.8 Å². The van der Waals surface area contributed by atoms with Crippen LogP contribution < -0.4 is 5.73 Å². The number of benzene rings is 1. The Hall–Kier alpha value is -1.35. The number of ether oxygens (including phenoxy) is 1. The standard InChI is InChI=1S/C15H20N2O/c16-15(8-2-1-3-9-15)13-6-4-12(5-7-13)14-17-10-11-18-14/h4-7H,1-3,8-11,16H2. The van der Waals surface area contributed by atoms with E-state index >= 15 is 0 Å². The van der Waals surface area contributed by atoms with E-state index in [9.17, 15) is 0 Å². The molecule has 1 aliphatic carbocycles. The summed E-state index contributed by atoms with van der Waals surface area (Å²) < 4.78 is 5.47. The van der Waals surface area contributed by atoms with Crippen molar-refractivity contribution in [1.29, 1.82) is 0 Å². The molecular weight excluding hydrogens is 224 g/mol. The Labute approximate surface area is 108 Å². The fraction of sp³-hybridized carbons (Fsp3) is 0.533. The first kappa shape index (κ1) is 11.7. The van der Waals surface area contributed by atoms with Crippen LogP contribution in [0.5, 0.6) is 0 Å². The summed E-state index contributed by atoms with van der Waals surface area (Å²) in [7, 11) is 0. The zero-order valence-corrected chi connectivity index (χ0v) is 10.7. The molecule has 0 spiro atoms. The van der Waals surface area contributed by atoms with Gasteiger partial charge in [0.05, 0.1) is 6.54 Å². The Morgan fingerprint density at radius 2 is 1.78 bits per heavy atom. The first-order valence-electron chi connectivity index (χ1n) is 6.85. The van der Waals surface area contributed by atoms with Gasteiger partial charge < -0.3 is 10.5 Å². The second-order valence-corrected chi connectivity index (χ2v) is 5.33. The molecule has 96 valence electrons. The van der Waals surface area contributed by atoms with Gasteiger partial charge in [-0.3, -0.25) is 0 Å². The van der Waals surface area contributed by atoms with E-state index in [0.717, 1.165) is 30.8 Å². The minimum absolute atomic E-state index is 0.116. The summed E-state index contributed by atoms with van der Waals surface area (Å²) in [6, 6.07) is 8.46. The summed E-state index contributed by atoms with van der Waals surface area (Å²) in [4.78, 5) is 4.33. The highest BCUT2D eigenvalue weighted by Gasteiger charge is 2.29. The van der Waals surface area contributed by atoms with E-state index in [0.29, 0.717) is 6.61 Å². The second-order valence-electron chi connectivity index (χ2n) is 5.33. The summed E-state index contributed by atoms with van der Waals surface area (Å²) in [5, 5.41) is 0. The largest absolute Gasteiger partial charge is 0.476 e. The lowest BCUT2D eigenvalue weighted by Gasteiger charge is -2.34. The minimum Gasteiger partial charge on any atom is -0.476 e. The highest BCUT2D eigenvalue weighted by Crippen LogP contribution is 2.34. The minimum atomic E-state index is -0.116. The molecule has 1 aromatic rings. The Morgan fingerprint density at radius 3 is 2.39 bits per heavy atom. The molecule has 3 heteroatoms. The zero-order chi connectivity index (χ0) is 12.4. The van der Waals surface area contributed by atoms with Gasteiger partial charge in [-0.15, -0.1) is 0 Å². The third-order valence-electron chi connectivity index (χ3n) is 4.04. The molecule has 2 aliphatic rings. The lowest BCUT2D eigenvalue weighted by atomic mass is 9.77. The smallest absolute Gasteiger partial charge is 0.216 e. The summed E-state index contributed by atoms with van der Waals surface area (Å²) in [6.07, 6.45) is 6.01. The monoisotopic (exact) mass is 244 g/mol. The lowest BCUT2D eigenvalue weighted by Crippen LogP contribution is -2.38. The van der Waals surface area contributed by atoms with Gasteiger partial charge in [-0.2, -0.15) is 0 Å². The predicted octanol–water partition coefficient (Wildman–Crippen LogP) is 2.58. The lowest BCUT2D eigenvalue weighted by molar-refractivity contribution is 0.302. The molecule has 0 atom stereocenters. The molecule has 0 bridgehead atoms. The number of nitrogens with two attached hydrogens (primary N) is 1. The van der Waals surface area contributed by atoms with Crippen LogP contribution in [0.25, 0.3) is 0 Å². The number of hydrogen-bond acceptors (Lipinski definition) is 3. The molecule has 0 amide bonds. The van der Waals surface area contributed by atoms with Crippen molar-refractivity contribution in [3.05, 3.63) is 35.4 Å².